The van der Waals surface area contributed by atoms with Crippen LogP contribution in [0.2, 0.25) is 0 Å². The molecule has 0 fully saturated rings. The van der Waals surface area contributed by atoms with Crippen LogP contribution in [0.25, 0.3) is 11.1 Å². The van der Waals surface area contributed by atoms with Crippen molar-refractivity contribution in [3.05, 3.63) is 106 Å². The lowest BCUT2D eigenvalue weighted by Crippen LogP contribution is -2.42. The van der Waals surface area contributed by atoms with Gasteiger partial charge in [-0.15, -0.1) is 0 Å². The van der Waals surface area contributed by atoms with Crippen molar-refractivity contribution in [2.75, 3.05) is 14.2 Å². The molecule has 0 spiro atoms. The Labute approximate surface area is 210 Å². The molecule has 2 atom stereocenters. The van der Waals surface area contributed by atoms with Crippen LogP contribution in [0, 0.1) is 17.3 Å². The van der Waals surface area contributed by atoms with Crippen molar-refractivity contribution in [3.8, 4) is 23.0 Å². The summed E-state index contributed by atoms with van der Waals surface area (Å²) in [6.07, 6.45) is 6.07. The SMILES string of the molecule is COC(=O)C1(C(=O)OC)Cc2c(C#Cc3ccccc3)c(-c3ccccc3)c3c(c2C1)[C@@H]1C=C[C@H]3C1. The number of rotatable bonds is 3. The number of ether oxygens (including phenoxy) is 2. The zero-order valence-corrected chi connectivity index (χ0v) is 20.3. The van der Waals surface area contributed by atoms with Gasteiger partial charge in [-0.2, -0.15) is 0 Å². The molecule has 0 heterocycles. The fourth-order valence-electron chi connectivity index (χ4n) is 6.36. The summed E-state index contributed by atoms with van der Waals surface area (Å²) in [5, 5.41) is 0. The number of carbonyl (C=O) groups is 2. The first-order valence-corrected chi connectivity index (χ1v) is 12.3. The highest BCUT2D eigenvalue weighted by Gasteiger charge is 2.55. The van der Waals surface area contributed by atoms with E-state index in [2.05, 4.69) is 36.1 Å². The first-order chi connectivity index (χ1) is 17.6. The summed E-state index contributed by atoms with van der Waals surface area (Å²) in [7, 11) is 2.66. The second kappa shape index (κ2) is 8.53. The molecule has 4 nitrogen and oxygen atoms in total. The average molecular weight is 475 g/mol. The summed E-state index contributed by atoms with van der Waals surface area (Å²) < 4.78 is 10.3. The third kappa shape index (κ3) is 3.23. The number of allylic oxidation sites excluding steroid dienone is 2. The van der Waals surface area contributed by atoms with Gasteiger partial charge >= 0.3 is 11.9 Å². The molecule has 6 rings (SSSR count). The minimum absolute atomic E-state index is 0.217. The van der Waals surface area contributed by atoms with E-state index in [0.29, 0.717) is 5.92 Å². The molecule has 2 bridgehead atoms. The molecular formula is C32H26O4. The van der Waals surface area contributed by atoms with Crippen LogP contribution in [0.4, 0.5) is 0 Å². The molecule has 0 saturated heterocycles. The van der Waals surface area contributed by atoms with Crippen LogP contribution in [0.1, 0.15) is 51.6 Å². The summed E-state index contributed by atoms with van der Waals surface area (Å²) in [4.78, 5) is 26.3. The van der Waals surface area contributed by atoms with Gasteiger partial charge in [-0.1, -0.05) is 72.5 Å². The Bertz CT molecular complexity index is 1460. The normalized spacial score (nSPS) is 19.7. The Hall–Kier alpha value is -4.10. The molecule has 4 heteroatoms. The van der Waals surface area contributed by atoms with Gasteiger partial charge in [0.25, 0.3) is 0 Å². The highest BCUT2D eigenvalue weighted by atomic mass is 16.5. The number of carbonyl (C=O) groups excluding carboxylic acids is 2. The number of benzene rings is 3. The first kappa shape index (κ1) is 22.4. The lowest BCUT2D eigenvalue weighted by Gasteiger charge is -2.23. The van der Waals surface area contributed by atoms with Crippen molar-refractivity contribution in [2.45, 2.75) is 31.1 Å². The van der Waals surface area contributed by atoms with Gasteiger partial charge in [0, 0.05) is 41.4 Å². The van der Waals surface area contributed by atoms with E-state index in [1.165, 1.54) is 25.3 Å². The molecule has 36 heavy (non-hydrogen) atoms. The maximum Gasteiger partial charge on any atom is 0.323 e. The minimum atomic E-state index is -1.40. The van der Waals surface area contributed by atoms with Gasteiger partial charge in [0.05, 0.1) is 14.2 Å². The third-order valence-electron chi connectivity index (χ3n) is 7.90. The topological polar surface area (TPSA) is 52.6 Å². The zero-order valence-electron chi connectivity index (χ0n) is 20.3. The Kier molecular flexibility index (Phi) is 5.30. The molecular weight excluding hydrogens is 448 g/mol. The summed E-state index contributed by atoms with van der Waals surface area (Å²) in [6.45, 7) is 0. The molecule has 3 aliphatic rings. The molecule has 0 aromatic heterocycles. The second-order valence-corrected chi connectivity index (χ2v) is 9.77. The molecule has 0 N–H and O–H groups in total. The van der Waals surface area contributed by atoms with Gasteiger partial charge in [0.2, 0.25) is 0 Å². The Morgan fingerprint density at radius 2 is 1.36 bits per heavy atom. The van der Waals surface area contributed by atoms with Crippen molar-refractivity contribution in [2.24, 2.45) is 5.41 Å². The van der Waals surface area contributed by atoms with E-state index in [1.807, 2.05) is 48.5 Å². The standard InChI is InChI=1S/C32H26O4/c1-35-30(33)32(31(34)36-2)18-25-24(16-13-20-9-5-3-6-10-20)27(21-11-7-4-8-12-21)29-23-15-14-22(17-23)28(29)26(25)19-32/h3-12,14-15,22-23H,17-19H2,1-2H3/t22-,23+/m1/s1. The summed E-state index contributed by atoms with van der Waals surface area (Å²) >= 11 is 0. The summed E-state index contributed by atoms with van der Waals surface area (Å²) in [5.74, 6) is 6.31. The van der Waals surface area contributed by atoms with Gasteiger partial charge in [-0.3, -0.25) is 9.59 Å². The van der Waals surface area contributed by atoms with Crippen molar-refractivity contribution >= 4 is 11.9 Å². The van der Waals surface area contributed by atoms with Crippen LogP contribution in [-0.4, -0.2) is 26.2 Å². The van der Waals surface area contributed by atoms with Crippen molar-refractivity contribution in [1.82, 2.24) is 0 Å². The monoisotopic (exact) mass is 474 g/mol. The van der Waals surface area contributed by atoms with E-state index in [9.17, 15) is 9.59 Å². The minimum Gasteiger partial charge on any atom is -0.468 e. The number of esters is 2. The molecule has 0 radical (unpaired) electrons. The van der Waals surface area contributed by atoms with Gasteiger partial charge in [0.1, 0.15) is 0 Å². The van der Waals surface area contributed by atoms with Gasteiger partial charge < -0.3 is 9.47 Å². The van der Waals surface area contributed by atoms with E-state index in [0.717, 1.165) is 39.8 Å². The molecule has 0 aliphatic heterocycles. The largest absolute Gasteiger partial charge is 0.468 e. The van der Waals surface area contributed by atoms with E-state index < -0.39 is 17.4 Å². The van der Waals surface area contributed by atoms with Crippen LogP contribution in [-0.2, 0) is 31.9 Å². The number of hydrogen-bond donors (Lipinski definition) is 0. The molecule has 3 aromatic rings. The van der Waals surface area contributed by atoms with Gasteiger partial charge in [-0.05, 0) is 46.4 Å². The lowest BCUT2D eigenvalue weighted by molar-refractivity contribution is -0.168. The Morgan fingerprint density at radius 3 is 2.00 bits per heavy atom. The Balaban J connectivity index is 1.67. The molecule has 0 amide bonds. The fourth-order valence-corrected chi connectivity index (χ4v) is 6.36. The number of hydrogen-bond acceptors (Lipinski definition) is 4. The first-order valence-electron chi connectivity index (χ1n) is 12.3. The lowest BCUT2D eigenvalue weighted by atomic mass is 9.80. The predicted molar refractivity (Wildman–Crippen MR) is 137 cm³/mol. The van der Waals surface area contributed by atoms with Gasteiger partial charge in [-0.25, -0.2) is 0 Å². The molecule has 3 aliphatic carbocycles. The highest BCUT2D eigenvalue weighted by Crippen LogP contribution is 2.58. The molecule has 3 aromatic carbocycles. The van der Waals surface area contributed by atoms with Crippen molar-refractivity contribution in [1.29, 1.82) is 0 Å². The van der Waals surface area contributed by atoms with Crippen molar-refractivity contribution < 1.29 is 19.1 Å². The van der Waals surface area contributed by atoms with Crippen LogP contribution >= 0.6 is 0 Å². The van der Waals surface area contributed by atoms with E-state index in [4.69, 9.17) is 9.47 Å². The van der Waals surface area contributed by atoms with Crippen molar-refractivity contribution in [3.63, 3.8) is 0 Å². The smallest absolute Gasteiger partial charge is 0.323 e. The Morgan fingerprint density at radius 1 is 0.778 bits per heavy atom. The quantitative estimate of drug-likeness (QED) is 0.223. The number of fused-ring (bicyclic) bond motifs is 7. The van der Waals surface area contributed by atoms with E-state index in [-0.39, 0.29) is 18.8 Å². The van der Waals surface area contributed by atoms with E-state index >= 15 is 0 Å². The fraction of sp³-hybridized carbons (Fsp3) is 0.250. The van der Waals surface area contributed by atoms with E-state index in [1.54, 1.807) is 0 Å². The second-order valence-electron chi connectivity index (χ2n) is 9.77. The molecule has 0 saturated carbocycles. The van der Waals surface area contributed by atoms with Crippen LogP contribution in [0.15, 0.2) is 72.8 Å². The summed E-state index contributed by atoms with van der Waals surface area (Å²) in [6, 6.07) is 20.2. The molecule has 178 valence electrons. The maximum atomic E-state index is 13.1. The maximum absolute atomic E-state index is 13.1. The third-order valence-corrected chi connectivity index (χ3v) is 7.90. The van der Waals surface area contributed by atoms with Crippen LogP contribution in [0.5, 0.6) is 0 Å². The highest BCUT2D eigenvalue weighted by molar-refractivity contribution is 6.02. The zero-order chi connectivity index (χ0) is 24.9. The average Bonchev–Trinajstić information content (AvgIpc) is 3.66. The van der Waals surface area contributed by atoms with Crippen LogP contribution < -0.4 is 0 Å². The molecule has 0 unspecified atom stereocenters. The number of methoxy groups -OCH3 is 2. The predicted octanol–water partition coefficient (Wildman–Crippen LogP) is 5.33. The van der Waals surface area contributed by atoms with Crippen LogP contribution in [0.3, 0.4) is 0 Å². The van der Waals surface area contributed by atoms with Gasteiger partial charge in [0.15, 0.2) is 5.41 Å². The summed E-state index contributed by atoms with van der Waals surface area (Å²) in [5.41, 5.74) is 7.21.